The number of likely N-dealkylation sites (tertiary alicyclic amines) is 1. The molecule has 5 nitrogen and oxygen atoms in total. The molecule has 3 heterocycles. The first-order chi connectivity index (χ1) is 17.4. The lowest BCUT2D eigenvalue weighted by Crippen LogP contribution is -2.41. The van der Waals surface area contributed by atoms with Gasteiger partial charge in [0.05, 0.1) is 17.1 Å². The molecule has 7 heteroatoms. The van der Waals surface area contributed by atoms with Gasteiger partial charge < -0.3 is 10.0 Å². The number of pyridine rings is 2. The van der Waals surface area contributed by atoms with Crippen LogP contribution in [-0.2, 0) is 13.1 Å². The number of hydrogen-bond donors (Lipinski definition) is 1. The summed E-state index contributed by atoms with van der Waals surface area (Å²) in [6.45, 7) is 6.21. The predicted molar refractivity (Wildman–Crippen MR) is 138 cm³/mol. The van der Waals surface area contributed by atoms with E-state index in [-0.39, 0.29) is 17.7 Å². The minimum absolute atomic E-state index is 0.283. The van der Waals surface area contributed by atoms with Gasteiger partial charge in [-0.05, 0) is 86.3 Å². The van der Waals surface area contributed by atoms with E-state index in [4.69, 9.17) is 0 Å². The maximum absolute atomic E-state index is 14.5. The Bertz CT molecular complexity index is 1250. The van der Waals surface area contributed by atoms with Crippen LogP contribution in [0.5, 0.6) is 0 Å². The maximum atomic E-state index is 14.5. The molecule has 36 heavy (non-hydrogen) atoms. The zero-order valence-electron chi connectivity index (χ0n) is 20.6. The van der Waals surface area contributed by atoms with Crippen LogP contribution in [0.25, 0.3) is 21.8 Å². The number of β-amino-alcohol motifs (C(OH)–C–C–N with tert-alkyl or cyclic N) is 1. The molecule has 1 N–H and O–H groups in total. The molecule has 0 radical (unpaired) electrons. The van der Waals surface area contributed by atoms with E-state index in [0.717, 1.165) is 65.4 Å². The molecule has 2 aromatic carbocycles. The molecule has 1 aliphatic heterocycles. The first-order valence-corrected chi connectivity index (χ1v) is 12.6. The van der Waals surface area contributed by atoms with Gasteiger partial charge in [0.25, 0.3) is 0 Å². The molecule has 0 spiro atoms. The molecule has 0 bridgehead atoms. The molecule has 2 aromatic heterocycles. The van der Waals surface area contributed by atoms with Crippen molar-refractivity contribution < 1.29 is 13.9 Å². The molecular weight excluding hydrogens is 458 g/mol. The number of halogens is 2. The highest BCUT2D eigenvalue weighted by atomic mass is 19.1. The van der Waals surface area contributed by atoms with Gasteiger partial charge >= 0.3 is 0 Å². The predicted octanol–water partition coefficient (Wildman–Crippen LogP) is 5.16. The standard InChI is InChI=1S/C29H32F2N4O/c1-20(36)16-34-10-6-21(7-11-34)17-35(18-24-14-26(30)12-22-4-2-8-32-28(22)24)19-25-15-27(31)13-23-5-3-9-33-29(23)25/h2-5,8-9,12-15,20-21,36H,6-7,10-11,16-19H2,1H3. The highest BCUT2D eigenvalue weighted by Gasteiger charge is 2.23. The number of benzene rings is 2. The fraction of sp³-hybridized carbons (Fsp3) is 0.379. The number of aromatic nitrogens is 2. The van der Waals surface area contributed by atoms with E-state index in [1.807, 2.05) is 31.2 Å². The smallest absolute Gasteiger partial charge is 0.124 e. The Morgan fingerprint density at radius 3 is 1.94 bits per heavy atom. The van der Waals surface area contributed by atoms with Gasteiger partial charge in [0, 0.05) is 49.3 Å². The topological polar surface area (TPSA) is 52.5 Å². The van der Waals surface area contributed by atoms with E-state index in [0.29, 0.717) is 25.6 Å². The van der Waals surface area contributed by atoms with Crippen LogP contribution >= 0.6 is 0 Å². The average Bonchev–Trinajstić information content (AvgIpc) is 2.84. The molecule has 1 aliphatic rings. The Kier molecular flexibility index (Phi) is 7.51. The Morgan fingerprint density at radius 2 is 1.44 bits per heavy atom. The van der Waals surface area contributed by atoms with Gasteiger partial charge in [-0.3, -0.25) is 14.9 Å². The van der Waals surface area contributed by atoms with Gasteiger partial charge in [-0.1, -0.05) is 12.1 Å². The van der Waals surface area contributed by atoms with E-state index in [2.05, 4.69) is 19.8 Å². The van der Waals surface area contributed by atoms with E-state index in [1.165, 1.54) is 12.1 Å². The Morgan fingerprint density at radius 1 is 0.917 bits per heavy atom. The second kappa shape index (κ2) is 10.9. The largest absolute Gasteiger partial charge is 0.392 e. The second-order valence-corrected chi connectivity index (χ2v) is 10.0. The molecule has 1 fully saturated rings. The highest BCUT2D eigenvalue weighted by molar-refractivity contribution is 5.82. The fourth-order valence-electron chi connectivity index (χ4n) is 5.45. The fourth-order valence-corrected chi connectivity index (χ4v) is 5.45. The lowest BCUT2D eigenvalue weighted by molar-refractivity contribution is 0.0876. The lowest BCUT2D eigenvalue weighted by atomic mass is 9.95. The molecule has 4 aromatic rings. The van der Waals surface area contributed by atoms with Gasteiger partial charge in [0.1, 0.15) is 11.6 Å². The van der Waals surface area contributed by atoms with Gasteiger partial charge in [-0.15, -0.1) is 0 Å². The molecule has 5 rings (SSSR count). The number of aliphatic hydroxyl groups excluding tert-OH is 1. The van der Waals surface area contributed by atoms with Crippen molar-refractivity contribution in [1.29, 1.82) is 0 Å². The van der Waals surface area contributed by atoms with Crippen molar-refractivity contribution in [1.82, 2.24) is 19.8 Å². The zero-order valence-corrected chi connectivity index (χ0v) is 20.6. The average molecular weight is 491 g/mol. The molecule has 0 saturated carbocycles. The van der Waals surface area contributed by atoms with E-state index in [1.54, 1.807) is 24.5 Å². The normalized spacial score (nSPS) is 16.2. The highest BCUT2D eigenvalue weighted by Crippen LogP contribution is 2.26. The van der Waals surface area contributed by atoms with Crippen molar-refractivity contribution in [3.05, 3.63) is 83.7 Å². The minimum atomic E-state index is -0.333. The van der Waals surface area contributed by atoms with Crippen LogP contribution in [0.4, 0.5) is 8.78 Å². The Labute approximate surface area is 210 Å². The summed E-state index contributed by atoms with van der Waals surface area (Å²) in [7, 11) is 0. The molecule has 188 valence electrons. The number of rotatable bonds is 8. The van der Waals surface area contributed by atoms with E-state index < -0.39 is 0 Å². The maximum Gasteiger partial charge on any atom is 0.124 e. The van der Waals surface area contributed by atoms with Crippen molar-refractivity contribution >= 4 is 21.8 Å². The van der Waals surface area contributed by atoms with Gasteiger partial charge in [0.2, 0.25) is 0 Å². The van der Waals surface area contributed by atoms with Crippen LogP contribution in [0.3, 0.4) is 0 Å². The summed E-state index contributed by atoms with van der Waals surface area (Å²) in [5.41, 5.74) is 3.23. The molecule has 0 aliphatic carbocycles. The Hall–Kier alpha value is -3.00. The number of fused-ring (bicyclic) bond motifs is 2. The number of piperidine rings is 1. The third kappa shape index (κ3) is 5.86. The monoisotopic (exact) mass is 490 g/mol. The summed E-state index contributed by atoms with van der Waals surface area (Å²) in [5, 5.41) is 11.3. The first-order valence-electron chi connectivity index (χ1n) is 12.6. The minimum Gasteiger partial charge on any atom is -0.392 e. The zero-order chi connectivity index (χ0) is 25.1. The molecular formula is C29H32F2N4O. The summed E-state index contributed by atoms with van der Waals surface area (Å²) < 4.78 is 29.0. The van der Waals surface area contributed by atoms with Crippen LogP contribution in [0.2, 0.25) is 0 Å². The summed E-state index contributed by atoms with van der Waals surface area (Å²) in [6, 6.07) is 13.5. The van der Waals surface area contributed by atoms with Crippen LogP contribution in [-0.4, -0.2) is 57.2 Å². The quantitative estimate of drug-likeness (QED) is 0.370. The summed E-state index contributed by atoms with van der Waals surface area (Å²) in [5.74, 6) is -0.111. The number of aliphatic hydroxyl groups is 1. The van der Waals surface area contributed by atoms with Crippen molar-refractivity contribution in [2.24, 2.45) is 5.92 Å². The Balaban J connectivity index is 1.43. The van der Waals surface area contributed by atoms with Gasteiger partial charge in [-0.2, -0.15) is 0 Å². The van der Waals surface area contributed by atoms with E-state index in [9.17, 15) is 13.9 Å². The first kappa shape index (κ1) is 24.7. The second-order valence-electron chi connectivity index (χ2n) is 10.0. The number of hydrogen-bond acceptors (Lipinski definition) is 5. The summed E-state index contributed by atoms with van der Waals surface area (Å²) in [4.78, 5) is 13.7. The van der Waals surface area contributed by atoms with Gasteiger partial charge in [-0.25, -0.2) is 8.78 Å². The lowest BCUT2D eigenvalue weighted by Gasteiger charge is -2.35. The SMILES string of the molecule is CC(O)CN1CCC(CN(Cc2cc(F)cc3cccnc23)Cc2cc(F)cc3cccnc23)CC1. The van der Waals surface area contributed by atoms with Crippen molar-refractivity contribution in [3.63, 3.8) is 0 Å². The summed E-state index contributed by atoms with van der Waals surface area (Å²) >= 11 is 0. The van der Waals surface area contributed by atoms with Crippen molar-refractivity contribution in [2.75, 3.05) is 26.2 Å². The van der Waals surface area contributed by atoms with E-state index >= 15 is 0 Å². The molecule has 1 unspecified atom stereocenters. The summed E-state index contributed by atoms with van der Waals surface area (Å²) in [6.07, 6.45) is 5.17. The number of nitrogens with zero attached hydrogens (tertiary/aromatic N) is 4. The van der Waals surface area contributed by atoms with Crippen LogP contribution < -0.4 is 0 Å². The molecule has 1 saturated heterocycles. The van der Waals surface area contributed by atoms with Crippen LogP contribution in [0.1, 0.15) is 30.9 Å². The van der Waals surface area contributed by atoms with Gasteiger partial charge in [0.15, 0.2) is 0 Å². The van der Waals surface area contributed by atoms with Crippen molar-refractivity contribution in [3.8, 4) is 0 Å². The van der Waals surface area contributed by atoms with Crippen LogP contribution in [0, 0.1) is 17.6 Å². The van der Waals surface area contributed by atoms with Crippen LogP contribution in [0.15, 0.2) is 60.9 Å². The van der Waals surface area contributed by atoms with Crippen molar-refractivity contribution in [2.45, 2.75) is 39.0 Å². The molecule has 0 amide bonds. The third-order valence-electron chi connectivity index (χ3n) is 7.03. The molecule has 1 atom stereocenters. The third-order valence-corrected chi connectivity index (χ3v) is 7.03.